The zero-order chi connectivity index (χ0) is 10.1. The van der Waals surface area contributed by atoms with E-state index in [1.165, 1.54) is 10.8 Å². The van der Waals surface area contributed by atoms with E-state index < -0.39 is 16.1 Å². The minimum atomic E-state index is -3.86. The molecule has 0 aliphatic heterocycles. The number of primary amides is 1. The largest absolute Gasteiger partial charge is 0.410 e. The SMILES string of the molecule is NC(=O)Oc1cscc1S(N)(=O)=O. The molecular formula is C5H6N2O4S2. The van der Waals surface area contributed by atoms with Gasteiger partial charge in [0.15, 0.2) is 5.75 Å². The normalized spacial score (nSPS) is 11.2. The van der Waals surface area contributed by atoms with E-state index in [0.29, 0.717) is 0 Å². The maximum absolute atomic E-state index is 10.8. The molecule has 0 spiro atoms. The third kappa shape index (κ3) is 2.41. The third-order valence-corrected chi connectivity index (χ3v) is 2.91. The molecule has 1 aromatic heterocycles. The number of thiophene rings is 1. The number of hydrogen-bond donors (Lipinski definition) is 2. The number of primary sulfonamides is 1. The second-order valence-corrected chi connectivity index (χ2v) is 4.34. The summed E-state index contributed by atoms with van der Waals surface area (Å²) in [6, 6.07) is 0. The van der Waals surface area contributed by atoms with Crippen LogP contribution >= 0.6 is 11.3 Å². The molecule has 72 valence electrons. The number of nitrogens with two attached hydrogens (primary N) is 2. The van der Waals surface area contributed by atoms with Gasteiger partial charge in [-0.3, -0.25) is 0 Å². The highest BCUT2D eigenvalue weighted by Gasteiger charge is 2.17. The van der Waals surface area contributed by atoms with Gasteiger partial charge in [-0.1, -0.05) is 0 Å². The molecule has 4 N–H and O–H groups in total. The van der Waals surface area contributed by atoms with Crippen molar-refractivity contribution in [2.75, 3.05) is 0 Å². The molecule has 0 saturated carbocycles. The van der Waals surface area contributed by atoms with Gasteiger partial charge in [-0.05, 0) is 0 Å². The fraction of sp³-hybridized carbons (Fsp3) is 0. The molecule has 0 atom stereocenters. The maximum Gasteiger partial charge on any atom is 0.410 e. The van der Waals surface area contributed by atoms with E-state index in [2.05, 4.69) is 4.74 Å². The minimum absolute atomic E-state index is 0.139. The molecule has 0 unspecified atom stereocenters. The van der Waals surface area contributed by atoms with E-state index in [4.69, 9.17) is 10.9 Å². The number of carbonyl (C=O) groups excluding carboxylic acids is 1. The van der Waals surface area contributed by atoms with Gasteiger partial charge in [0, 0.05) is 10.8 Å². The van der Waals surface area contributed by atoms with Gasteiger partial charge in [0.05, 0.1) is 0 Å². The van der Waals surface area contributed by atoms with E-state index in [1.54, 1.807) is 0 Å². The maximum atomic E-state index is 10.8. The summed E-state index contributed by atoms with van der Waals surface area (Å²) in [4.78, 5) is 10.1. The average molecular weight is 222 g/mol. The quantitative estimate of drug-likeness (QED) is 0.724. The van der Waals surface area contributed by atoms with Crippen LogP contribution in [0.15, 0.2) is 15.7 Å². The summed E-state index contributed by atoms with van der Waals surface area (Å²) in [7, 11) is -3.86. The van der Waals surface area contributed by atoms with Gasteiger partial charge in [-0.25, -0.2) is 18.4 Å². The van der Waals surface area contributed by atoms with E-state index in [0.717, 1.165) is 11.3 Å². The van der Waals surface area contributed by atoms with Crippen LogP contribution in [0, 0.1) is 0 Å². The molecule has 6 nitrogen and oxygen atoms in total. The van der Waals surface area contributed by atoms with Crippen molar-refractivity contribution in [3.8, 4) is 5.75 Å². The van der Waals surface area contributed by atoms with Crippen molar-refractivity contribution in [3.05, 3.63) is 10.8 Å². The first kappa shape index (κ1) is 9.96. The summed E-state index contributed by atoms with van der Waals surface area (Å²) < 4.78 is 26.1. The van der Waals surface area contributed by atoms with Crippen LogP contribution in [0.4, 0.5) is 4.79 Å². The monoisotopic (exact) mass is 222 g/mol. The van der Waals surface area contributed by atoms with E-state index >= 15 is 0 Å². The highest BCUT2D eigenvalue weighted by molar-refractivity contribution is 7.89. The van der Waals surface area contributed by atoms with Gasteiger partial charge in [0.2, 0.25) is 10.0 Å². The molecule has 1 aromatic rings. The second kappa shape index (κ2) is 3.32. The molecule has 13 heavy (non-hydrogen) atoms. The highest BCUT2D eigenvalue weighted by Crippen LogP contribution is 2.26. The first-order valence-corrected chi connectivity index (χ1v) is 5.46. The summed E-state index contributed by atoms with van der Waals surface area (Å²) in [6.45, 7) is 0. The molecule has 8 heteroatoms. The van der Waals surface area contributed by atoms with Gasteiger partial charge in [0.25, 0.3) is 0 Å². The predicted molar refractivity (Wildman–Crippen MR) is 45.9 cm³/mol. The van der Waals surface area contributed by atoms with Gasteiger partial charge in [-0.15, -0.1) is 11.3 Å². The summed E-state index contributed by atoms with van der Waals surface area (Å²) in [5.41, 5.74) is 4.70. The van der Waals surface area contributed by atoms with Crippen molar-refractivity contribution >= 4 is 27.5 Å². The molecule has 0 aliphatic carbocycles. The van der Waals surface area contributed by atoms with Crippen LogP contribution in [0.3, 0.4) is 0 Å². The van der Waals surface area contributed by atoms with Crippen LogP contribution in [0.1, 0.15) is 0 Å². The Morgan fingerprint density at radius 1 is 1.46 bits per heavy atom. The molecule has 1 heterocycles. The van der Waals surface area contributed by atoms with E-state index in [-0.39, 0.29) is 10.6 Å². The summed E-state index contributed by atoms with van der Waals surface area (Å²) in [6.07, 6.45) is -1.08. The van der Waals surface area contributed by atoms with E-state index in [1.807, 2.05) is 0 Å². The second-order valence-electron chi connectivity index (χ2n) is 2.07. The fourth-order valence-corrected chi connectivity index (χ4v) is 2.43. The molecule has 0 aliphatic rings. The molecule has 1 amide bonds. The Labute approximate surface area is 78.2 Å². The van der Waals surface area contributed by atoms with Crippen molar-refractivity contribution in [2.45, 2.75) is 4.90 Å². The van der Waals surface area contributed by atoms with Crippen molar-refractivity contribution < 1.29 is 17.9 Å². The third-order valence-electron chi connectivity index (χ3n) is 1.11. The van der Waals surface area contributed by atoms with E-state index in [9.17, 15) is 13.2 Å². The zero-order valence-electron chi connectivity index (χ0n) is 6.26. The lowest BCUT2D eigenvalue weighted by Gasteiger charge is -1.99. The van der Waals surface area contributed by atoms with Gasteiger partial charge >= 0.3 is 6.09 Å². The number of carbonyl (C=O) groups is 1. The Bertz CT molecular complexity index is 421. The van der Waals surface area contributed by atoms with Crippen LogP contribution in [-0.4, -0.2) is 14.5 Å². The molecule has 0 aromatic carbocycles. The van der Waals surface area contributed by atoms with Gasteiger partial charge in [-0.2, -0.15) is 0 Å². The Morgan fingerprint density at radius 2 is 2.08 bits per heavy atom. The molecular weight excluding hydrogens is 216 g/mol. The van der Waals surface area contributed by atoms with Crippen molar-refractivity contribution in [3.63, 3.8) is 0 Å². The number of sulfonamides is 1. The zero-order valence-corrected chi connectivity index (χ0v) is 7.89. The number of rotatable bonds is 2. The summed E-state index contributed by atoms with van der Waals surface area (Å²) >= 11 is 1.04. The van der Waals surface area contributed by atoms with Crippen LogP contribution in [0.5, 0.6) is 5.75 Å². The lowest BCUT2D eigenvalue weighted by atomic mass is 10.6. The Balaban J connectivity index is 3.11. The molecule has 0 saturated heterocycles. The average Bonchev–Trinajstić information content (AvgIpc) is 2.31. The van der Waals surface area contributed by atoms with Gasteiger partial charge < -0.3 is 10.5 Å². The lowest BCUT2D eigenvalue weighted by molar-refractivity contribution is 0.210. The predicted octanol–water partition coefficient (Wildman–Crippen LogP) is -0.147. The number of hydrogen-bond acceptors (Lipinski definition) is 5. The van der Waals surface area contributed by atoms with Gasteiger partial charge in [0.1, 0.15) is 4.90 Å². The van der Waals surface area contributed by atoms with Crippen molar-refractivity contribution in [2.24, 2.45) is 10.9 Å². The van der Waals surface area contributed by atoms with Crippen molar-refractivity contribution in [1.82, 2.24) is 0 Å². The van der Waals surface area contributed by atoms with Crippen LogP contribution in [0.2, 0.25) is 0 Å². The molecule has 0 bridgehead atoms. The summed E-state index contributed by atoms with van der Waals surface area (Å²) in [5, 5.41) is 7.41. The first-order valence-electron chi connectivity index (χ1n) is 2.97. The Kier molecular flexibility index (Phi) is 2.55. The standard InChI is InChI=1S/C5H6N2O4S2/c6-5(8)11-3-1-12-2-4(3)13(7,9)10/h1-2H,(H2,6,8)(H2,7,9,10). The highest BCUT2D eigenvalue weighted by atomic mass is 32.2. The van der Waals surface area contributed by atoms with Crippen LogP contribution in [-0.2, 0) is 10.0 Å². The molecule has 0 radical (unpaired) electrons. The minimum Gasteiger partial charge on any atom is -0.408 e. The topological polar surface area (TPSA) is 112 Å². The molecule has 1 rings (SSSR count). The Morgan fingerprint density at radius 3 is 2.54 bits per heavy atom. The first-order chi connectivity index (χ1) is 5.91. The summed E-state index contributed by atoms with van der Waals surface area (Å²) in [5.74, 6) is -0.139. The fourth-order valence-electron chi connectivity index (χ4n) is 0.664. The van der Waals surface area contributed by atoms with Crippen LogP contribution < -0.4 is 15.6 Å². The van der Waals surface area contributed by atoms with Crippen LogP contribution in [0.25, 0.3) is 0 Å². The lowest BCUT2D eigenvalue weighted by Crippen LogP contribution is -2.19. The number of amides is 1. The smallest absolute Gasteiger partial charge is 0.408 e. The number of ether oxygens (including phenoxy) is 1. The Hall–Kier alpha value is -1.12. The molecule has 0 fully saturated rings. The van der Waals surface area contributed by atoms with Crippen molar-refractivity contribution in [1.29, 1.82) is 0 Å².